The van der Waals surface area contributed by atoms with Crippen LogP contribution in [0.15, 0.2) is 16.6 Å². The third-order valence-corrected chi connectivity index (χ3v) is 4.57. The van der Waals surface area contributed by atoms with Crippen LogP contribution in [0.5, 0.6) is 0 Å². The lowest BCUT2D eigenvalue weighted by atomic mass is 9.82. The van der Waals surface area contributed by atoms with Crippen molar-refractivity contribution in [1.29, 1.82) is 0 Å². The number of nitrogens with two attached hydrogens (primary N) is 1. The van der Waals surface area contributed by atoms with Crippen molar-refractivity contribution in [2.24, 2.45) is 11.3 Å². The minimum Gasteiger partial charge on any atom is -0.398 e. The fourth-order valence-corrected chi connectivity index (χ4v) is 2.46. The summed E-state index contributed by atoms with van der Waals surface area (Å²) in [5.74, 6) is 1.21. The van der Waals surface area contributed by atoms with Crippen molar-refractivity contribution in [2.45, 2.75) is 41.2 Å². The van der Waals surface area contributed by atoms with Gasteiger partial charge >= 0.3 is 0 Å². The monoisotopic (exact) mass is 351 g/mol. The molecule has 2 N–H and O–H groups in total. The van der Waals surface area contributed by atoms with Gasteiger partial charge in [-0.05, 0) is 46.4 Å². The summed E-state index contributed by atoms with van der Waals surface area (Å²) in [7, 11) is 0. The lowest BCUT2D eigenvalue weighted by Crippen LogP contribution is -2.23. The first kappa shape index (κ1) is 15.9. The molecule has 2 aromatic rings. The molecule has 0 aliphatic heterocycles. The maximum Gasteiger partial charge on any atom is 0.182 e. The van der Waals surface area contributed by atoms with Gasteiger partial charge in [0.15, 0.2) is 5.82 Å². The van der Waals surface area contributed by atoms with Gasteiger partial charge in [0, 0.05) is 22.3 Å². The molecule has 1 aromatic carbocycles. The number of nitrogens with zero attached hydrogens (tertiary/aromatic N) is 4. The Balaban J connectivity index is 2.42. The lowest BCUT2D eigenvalue weighted by Gasteiger charge is -2.27. The van der Waals surface area contributed by atoms with Crippen molar-refractivity contribution in [3.8, 4) is 11.4 Å². The van der Waals surface area contributed by atoms with E-state index in [4.69, 9.17) is 5.73 Å². The molecule has 5 nitrogen and oxygen atoms in total. The van der Waals surface area contributed by atoms with Crippen LogP contribution >= 0.6 is 15.9 Å². The number of aromatic nitrogens is 4. The van der Waals surface area contributed by atoms with E-state index in [1.54, 1.807) is 0 Å². The summed E-state index contributed by atoms with van der Waals surface area (Å²) in [6, 6.07) is 3.90. The smallest absolute Gasteiger partial charge is 0.182 e. The molecule has 21 heavy (non-hydrogen) atoms. The van der Waals surface area contributed by atoms with Gasteiger partial charge in [0.1, 0.15) is 0 Å². The Bertz CT molecular complexity index is 642. The predicted molar refractivity (Wildman–Crippen MR) is 88.7 cm³/mol. The number of hydrogen-bond acceptors (Lipinski definition) is 4. The highest BCUT2D eigenvalue weighted by molar-refractivity contribution is 9.10. The number of tetrazole rings is 1. The van der Waals surface area contributed by atoms with Gasteiger partial charge < -0.3 is 5.73 Å². The molecule has 1 aromatic heterocycles. The molecule has 0 radical (unpaired) electrons. The average molecular weight is 352 g/mol. The lowest BCUT2D eigenvalue weighted by molar-refractivity contribution is 0.225. The standard InChI is InChI=1S/C15H22BrN5/c1-9(15(3,4)5)8-21-14(18-19-20-21)12-6-11(16)7-13(17)10(12)2/h6-7,9H,8,17H2,1-5H3. The Kier molecular flexibility index (Phi) is 4.37. The van der Waals surface area contributed by atoms with Crippen LogP contribution in [0.3, 0.4) is 0 Å². The van der Waals surface area contributed by atoms with E-state index < -0.39 is 0 Å². The third-order valence-electron chi connectivity index (χ3n) is 4.11. The second kappa shape index (κ2) is 5.75. The Labute approximate surface area is 134 Å². The maximum atomic E-state index is 6.04. The molecule has 0 saturated heterocycles. The molecule has 0 fully saturated rings. The molecule has 0 spiro atoms. The van der Waals surface area contributed by atoms with Gasteiger partial charge in [0.05, 0.1) is 0 Å². The van der Waals surface area contributed by atoms with Crippen molar-refractivity contribution in [3.63, 3.8) is 0 Å². The Hall–Kier alpha value is -1.43. The van der Waals surface area contributed by atoms with Crippen LogP contribution in [0.25, 0.3) is 11.4 Å². The summed E-state index contributed by atoms with van der Waals surface area (Å²) in [5, 5.41) is 12.2. The van der Waals surface area contributed by atoms with E-state index in [0.717, 1.165) is 33.7 Å². The fraction of sp³-hybridized carbons (Fsp3) is 0.533. The van der Waals surface area contributed by atoms with Crippen molar-refractivity contribution in [3.05, 3.63) is 22.2 Å². The molecule has 0 amide bonds. The minimum atomic E-state index is 0.203. The van der Waals surface area contributed by atoms with Crippen LogP contribution < -0.4 is 5.73 Å². The molecule has 114 valence electrons. The quantitative estimate of drug-likeness (QED) is 0.856. The molecular formula is C15H22BrN5. The Morgan fingerprint density at radius 3 is 2.62 bits per heavy atom. The number of anilines is 1. The number of rotatable bonds is 3. The third kappa shape index (κ3) is 3.43. The van der Waals surface area contributed by atoms with Crippen LogP contribution in [0.1, 0.15) is 33.3 Å². The zero-order chi connectivity index (χ0) is 15.8. The van der Waals surface area contributed by atoms with E-state index in [1.165, 1.54) is 0 Å². The molecule has 0 aliphatic rings. The van der Waals surface area contributed by atoms with Gasteiger partial charge in [-0.15, -0.1) is 5.10 Å². The summed E-state index contributed by atoms with van der Waals surface area (Å²) in [5.41, 5.74) is 8.94. The molecule has 0 aliphatic carbocycles. The molecule has 6 heteroatoms. The van der Waals surface area contributed by atoms with Crippen LogP contribution in [0.4, 0.5) is 5.69 Å². The minimum absolute atomic E-state index is 0.203. The van der Waals surface area contributed by atoms with Gasteiger partial charge in [-0.1, -0.05) is 43.6 Å². The Morgan fingerprint density at radius 2 is 2.00 bits per heavy atom. The predicted octanol–water partition coefficient (Wildman–Crippen LogP) is 3.68. The zero-order valence-corrected chi connectivity index (χ0v) is 14.8. The van der Waals surface area contributed by atoms with Crippen molar-refractivity contribution in [2.75, 3.05) is 5.73 Å². The largest absolute Gasteiger partial charge is 0.398 e. The number of halogens is 1. The van der Waals surface area contributed by atoms with Crippen LogP contribution in [-0.2, 0) is 6.54 Å². The van der Waals surface area contributed by atoms with Gasteiger partial charge in [-0.25, -0.2) is 4.68 Å². The first-order valence-electron chi connectivity index (χ1n) is 7.02. The number of benzene rings is 1. The molecule has 2 rings (SSSR count). The Morgan fingerprint density at radius 1 is 1.33 bits per heavy atom. The highest BCUT2D eigenvalue weighted by Crippen LogP contribution is 2.31. The van der Waals surface area contributed by atoms with Gasteiger partial charge in [0.25, 0.3) is 0 Å². The van der Waals surface area contributed by atoms with E-state index >= 15 is 0 Å². The second-order valence-corrected chi connectivity index (χ2v) is 7.53. The zero-order valence-electron chi connectivity index (χ0n) is 13.2. The molecule has 0 saturated carbocycles. The van der Waals surface area contributed by atoms with E-state index in [0.29, 0.717) is 5.92 Å². The SMILES string of the molecule is Cc1c(N)cc(Br)cc1-c1nnnn1CC(C)C(C)(C)C. The molecule has 1 unspecified atom stereocenters. The molecule has 0 bridgehead atoms. The van der Waals surface area contributed by atoms with Gasteiger partial charge in [-0.3, -0.25) is 0 Å². The van der Waals surface area contributed by atoms with Crippen LogP contribution in [-0.4, -0.2) is 20.2 Å². The first-order chi connectivity index (χ1) is 9.70. The normalized spacial score (nSPS) is 13.4. The molecular weight excluding hydrogens is 330 g/mol. The van der Waals surface area contributed by atoms with Crippen LogP contribution in [0, 0.1) is 18.3 Å². The van der Waals surface area contributed by atoms with Gasteiger partial charge in [-0.2, -0.15) is 0 Å². The van der Waals surface area contributed by atoms with E-state index in [9.17, 15) is 0 Å². The fourth-order valence-electron chi connectivity index (χ4n) is 1.99. The van der Waals surface area contributed by atoms with E-state index in [-0.39, 0.29) is 5.41 Å². The van der Waals surface area contributed by atoms with Crippen molar-refractivity contribution >= 4 is 21.6 Å². The van der Waals surface area contributed by atoms with Crippen molar-refractivity contribution in [1.82, 2.24) is 20.2 Å². The first-order valence-corrected chi connectivity index (χ1v) is 7.81. The second-order valence-electron chi connectivity index (χ2n) is 6.62. The van der Waals surface area contributed by atoms with Crippen LogP contribution in [0.2, 0.25) is 0 Å². The van der Waals surface area contributed by atoms with Gasteiger partial charge in [0.2, 0.25) is 0 Å². The highest BCUT2D eigenvalue weighted by atomic mass is 79.9. The number of nitrogen functional groups attached to an aromatic ring is 1. The summed E-state index contributed by atoms with van der Waals surface area (Å²) >= 11 is 3.48. The maximum absolute atomic E-state index is 6.04. The van der Waals surface area contributed by atoms with Crippen molar-refractivity contribution < 1.29 is 0 Å². The summed E-state index contributed by atoms with van der Waals surface area (Å²) < 4.78 is 2.79. The summed E-state index contributed by atoms with van der Waals surface area (Å²) in [4.78, 5) is 0. The highest BCUT2D eigenvalue weighted by Gasteiger charge is 2.23. The van der Waals surface area contributed by atoms with E-state index in [1.807, 2.05) is 23.7 Å². The summed E-state index contributed by atoms with van der Waals surface area (Å²) in [6.07, 6.45) is 0. The van der Waals surface area contributed by atoms with E-state index in [2.05, 4.69) is 59.2 Å². The topological polar surface area (TPSA) is 69.6 Å². The average Bonchev–Trinajstić information content (AvgIpc) is 2.80. The summed E-state index contributed by atoms with van der Waals surface area (Å²) in [6.45, 7) is 11.7. The number of hydrogen-bond donors (Lipinski definition) is 1. The molecule has 1 atom stereocenters. The molecule has 1 heterocycles.